The van der Waals surface area contributed by atoms with Crippen LogP contribution in [0.25, 0.3) is 22.4 Å². The van der Waals surface area contributed by atoms with Gasteiger partial charge in [-0.15, -0.1) is 0 Å². The molecule has 18 heavy (non-hydrogen) atoms. The second-order valence-corrected chi connectivity index (χ2v) is 3.83. The van der Waals surface area contributed by atoms with Crippen LogP contribution in [0.15, 0.2) is 57.7 Å². The first-order valence-corrected chi connectivity index (χ1v) is 5.40. The fraction of sp³-hybridized carbons (Fsp3) is 0. The first kappa shape index (κ1) is 10.7. The largest absolute Gasteiger partial charge is 0.437 e. The molecule has 88 valence electrons. The average Bonchev–Trinajstić information content (AvgIpc) is 2.39. The van der Waals surface area contributed by atoms with Crippen molar-refractivity contribution in [2.24, 2.45) is 0 Å². The van der Waals surface area contributed by atoms with E-state index in [-0.39, 0.29) is 17.3 Å². The van der Waals surface area contributed by atoms with E-state index in [1.54, 1.807) is 24.3 Å². The van der Waals surface area contributed by atoms with Gasteiger partial charge in [0.1, 0.15) is 11.4 Å². The van der Waals surface area contributed by atoms with E-state index in [2.05, 4.69) is 4.98 Å². The Labute approximate surface area is 102 Å². The van der Waals surface area contributed by atoms with Crippen LogP contribution in [0.1, 0.15) is 0 Å². The maximum atomic E-state index is 12.8. The Hall–Kier alpha value is -2.49. The van der Waals surface area contributed by atoms with Gasteiger partial charge in [0.15, 0.2) is 0 Å². The van der Waals surface area contributed by atoms with Gasteiger partial charge in [-0.2, -0.15) is 4.98 Å². The van der Waals surface area contributed by atoms with Gasteiger partial charge in [-0.1, -0.05) is 12.1 Å². The monoisotopic (exact) mass is 241 g/mol. The number of rotatable bonds is 1. The zero-order valence-electron chi connectivity index (χ0n) is 9.26. The van der Waals surface area contributed by atoms with Gasteiger partial charge in [-0.25, -0.2) is 4.39 Å². The van der Waals surface area contributed by atoms with Gasteiger partial charge < -0.3 is 4.42 Å². The van der Waals surface area contributed by atoms with Crippen LogP contribution in [-0.2, 0) is 0 Å². The molecule has 3 nitrogen and oxygen atoms in total. The molecule has 0 unspecified atom stereocenters. The summed E-state index contributed by atoms with van der Waals surface area (Å²) in [5.74, 6) is -0.152. The molecule has 0 fully saturated rings. The molecular formula is C14H8FNO2. The van der Waals surface area contributed by atoms with E-state index in [0.717, 1.165) is 0 Å². The molecule has 3 rings (SSSR count). The quantitative estimate of drug-likeness (QED) is 0.657. The molecule has 2 aromatic carbocycles. The third-order valence-electron chi connectivity index (χ3n) is 2.62. The number of nitrogens with zero attached hydrogens (tertiary/aromatic N) is 1. The Kier molecular flexibility index (Phi) is 2.41. The van der Waals surface area contributed by atoms with Crippen LogP contribution in [0.4, 0.5) is 4.39 Å². The van der Waals surface area contributed by atoms with Crippen LogP contribution in [0.2, 0.25) is 0 Å². The average molecular weight is 241 g/mol. The second-order valence-electron chi connectivity index (χ2n) is 3.83. The standard InChI is InChI=1S/C14H8FNO2/c15-10-7-5-9(6-8-10)14-16-13(17)11-3-1-2-4-12(11)18-14/h1-8H. The summed E-state index contributed by atoms with van der Waals surface area (Å²) in [4.78, 5) is 15.7. The van der Waals surface area contributed by atoms with Gasteiger partial charge >= 0.3 is 0 Å². The summed E-state index contributed by atoms with van der Waals surface area (Å²) in [5, 5.41) is 0.434. The summed E-state index contributed by atoms with van der Waals surface area (Å²) in [5.41, 5.74) is 0.687. The fourth-order valence-corrected chi connectivity index (χ4v) is 1.73. The van der Waals surface area contributed by atoms with E-state index in [9.17, 15) is 9.18 Å². The maximum absolute atomic E-state index is 12.8. The van der Waals surface area contributed by atoms with Crippen LogP contribution in [-0.4, -0.2) is 4.98 Å². The van der Waals surface area contributed by atoms with Gasteiger partial charge in [0.05, 0.1) is 5.39 Å². The van der Waals surface area contributed by atoms with Gasteiger partial charge in [0, 0.05) is 5.56 Å². The zero-order chi connectivity index (χ0) is 12.5. The minimum Gasteiger partial charge on any atom is -0.437 e. The number of fused-ring (bicyclic) bond motifs is 1. The van der Waals surface area contributed by atoms with Crippen LogP contribution >= 0.6 is 0 Å². The number of aromatic nitrogens is 1. The molecule has 0 radical (unpaired) electrons. The minimum atomic E-state index is -0.351. The molecule has 4 heteroatoms. The Morgan fingerprint density at radius 1 is 1.00 bits per heavy atom. The fourth-order valence-electron chi connectivity index (χ4n) is 1.73. The lowest BCUT2D eigenvalue weighted by Crippen LogP contribution is -2.06. The smallest absolute Gasteiger partial charge is 0.284 e. The highest BCUT2D eigenvalue weighted by atomic mass is 19.1. The second kappa shape index (κ2) is 4.07. The van der Waals surface area contributed by atoms with Crippen molar-refractivity contribution in [2.75, 3.05) is 0 Å². The maximum Gasteiger partial charge on any atom is 0.284 e. The van der Waals surface area contributed by atoms with Crippen LogP contribution < -0.4 is 5.56 Å². The highest BCUT2D eigenvalue weighted by Gasteiger charge is 2.07. The molecule has 0 N–H and O–H groups in total. The lowest BCUT2D eigenvalue weighted by atomic mass is 10.2. The predicted molar refractivity (Wildman–Crippen MR) is 65.7 cm³/mol. The van der Waals surface area contributed by atoms with Gasteiger partial charge in [0.2, 0.25) is 5.89 Å². The van der Waals surface area contributed by atoms with E-state index >= 15 is 0 Å². The van der Waals surface area contributed by atoms with Crippen molar-refractivity contribution in [1.29, 1.82) is 0 Å². The molecule has 1 heterocycles. The summed E-state index contributed by atoms with van der Waals surface area (Å²) >= 11 is 0. The van der Waals surface area contributed by atoms with E-state index in [1.807, 2.05) is 0 Å². The van der Waals surface area contributed by atoms with Crippen molar-refractivity contribution in [3.8, 4) is 11.5 Å². The van der Waals surface area contributed by atoms with Crippen LogP contribution in [0.5, 0.6) is 0 Å². The number of benzene rings is 2. The van der Waals surface area contributed by atoms with E-state index < -0.39 is 0 Å². The summed E-state index contributed by atoms with van der Waals surface area (Å²) < 4.78 is 18.4. The number of para-hydroxylation sites is 1. The molecular weight excluding hydrogens is 233 g/mol. The summed E-state index contributed by atoms with van der Waals surface area (Å²) in [6.07, 6.45) is 0. The number of halogens is 1. The third-order valence-corrected chi connectivity index (χ3v) is 2.62. The molecule has 0 bridgehead atoms. The van der Waals surface area contributed by atoms with Gasteiger partial charge in [0.25, 0.3) is 5.56 Å². The first-order valence-electron chi connectivity index (χ1n) is 5.40. The Morgan fingerprint density at radius 3 is 2.50 bits per heavy atom. The van der Waals surface area contributed by atoms with Crippen molar-refractivity contribution in [2.45, 2.75) is 0 Å². The Morgan fingerprint density at radius 2 is 1.72 bits per heavy atom. The molecule has 0 aliphatic rings. The predicted octanol–water partition coefficient (Wildman–Crippen LogP) is 2.99. The Bertz CT molecular complexity index is 763. The highest BCUT2D eigenvalue weighted by molar-refractivity contribution is 5.76. The summed E-state index contributed by atoms with van der Waals surface area (Å²) in [7, 11) is 0. The van der Waals surface area contributed by atoms with Crippen LogP contribution in [0, 0.1) is 5.82 Å². The lowest BCUT2D eigenvalue weighted by Gasteiger charge is -2.01. The van der Waals surface area contributed by atoms with Crippen molar-refractivity contribution in [3.63, 3.8) is 0 Å². The molecule has 3 aromatic rings. The molecule has 0 amide bonds. The molecule has 0 saturated heterocycles. The molecule has 1 aromatic heterocycles. The van der Waals surface area contributed by atoms with Crippen molar-refractivity contribution < 1.29 is 8.81 Å². The molecule has 0 aliphatic carbocycles. The third kappa shape index (κ3) is 1.78. The topological polar surface area (TPSA) is 43.1 Å². The minimum absolute atomic E-state index is 0.193. The molecule has 0 saturated carbocycles. The molecule has 0 atom stereocenters. The Balaban J connectivity index is 2.24. The summed E-state index contributed by atoms with van der Waals surface area (Å²) in [6.45, 7) is 0. The van der Waals surface area contributed by atoms with Crippen LogP contribution in [0.3, 0.4) is 0 Å². The normalized spacial score (nSPS) is 10.7. The van der Waals surface area contributed by atoms with E-state index in [1.165, 1.54) is 24.3 Å². The van der Waals surface area contributed by atoms with Crippen molar-refractivity contribution >= 4 is 11.0 Å². The van der Waals surface area contributed by atoms with Crippen molar-refractivity contribution in [3.05, 3.63) is 64.7 Å². The molecule has 0 aliphatic heterocycles. The highest BCUT2D eigenvalue weighted by Crippen LogP contribution is 2.19. The lowest BCUT2D eigenvalue weighted by molar-refractivity contribution is 0.594. The van der Waals surface area contributed by atoms with Crippen molar-refractivity contribution in [1.82, 2.24) is 4.98 Å². The zero-order valence-corrected chi connectivity index (χ0v) is 9.26. The summed E-state index contributed by atoms with van der Waals surface area (Å²) in [6, 6.07) is 12.5. The number of hydrogen-bond acceptors (Lipinski definition) is 3. The SMILES string of the molecule is O=c1nc(-c2ccc(F)cc2)oc2ccccc12. The molecule has 0 spiro atoms. The van der Waals surface area contributed by atoms with E-state index in [0.29, 0.717) is 16.5 Å². The van der Waals surface area contributed by atoms with E-state index in [4.69, 9.17) is 4.42 Å². The number of hydrogen-bond donors (Lipinski definition) is 0. The van der Waals surface area contributed by atoms with Gasteiger partial charge in [-0.3, -0.25) is 4.79 Å². The van der Waals surface area contributed by atoms with Gasteiger partial charge in [-0.05, 0) is 36.4 Å². The first-order chi connectivity index (χ1) is 8.74.